The van der Waals surface area contributed by atoms with Crippen LogP contribution >= 0.6 is 11.8 Å². The van der Waals surface area contributed by atoms with Crippen molar-refractivity contribution in [3.05, 3.63) is 94.4 Å². The fourth-order valence-corrected chi connectivity index (χ4v) is 3.64. The zero-order valence-electron chi connectivity index (χ0n) is 18.3. The van der Waals surface area contributed by atoms with Gasteiger partial charge in [-0.05, 0) is 78.9 Å². The third kappa shape index (κ3) is 6.61. The molecular formula is C24H20F3N3O4S. The molecule has 0 saturated carbocycles. The van der Waals surface area contributed by atoms with Crippen molar-refractivity contribution in [2.24, 2.45) is 5.73 Å². The van der Waals surface area contributed by atoms with E-state index in [1.807, 2.05) is 0 Å². The van der Waals surface area contributed by atoms with Crippen LogP contribution in [0, 0.1) is 0 Å². The molecule has 1 aromatic carbocycles. The molecule has 1 saturated heterocycles. The smallest absolute Gasteiger partial charge is 0.416 e. The Morgan fingerprint density at radius 3 is 2.57 bits per heavy atom. The average molecular weight is 504 g/mol. The number of thioether (sulfide) groups is 1. The van der Waals surface area contributed by atoms with Gasteiger partial charge in [-0.1, -0.05) is 12.6 Å². The summed E-state index contributed by atoms with van der Waals surface area (Å²) in [5, 5.41) is 11.6. The molecule has 11 heteroatoms. The predicted octanol–water partition coefficient (Wildman–Crippen LogP) is 4.87. The first kappa shape index (κ1) is 25.8. The van der Waals surface area contributed by atoms with Crippen LogP contribution < -0.4 is 15.8 Å². The Kier molecular flexibility index (Phi) is 7.82. The number of ether oxygens (including phenoxy) is 1. The summed E-state index contributed by atoms with van der Waals surface area (Å²) in [6.07, 6.45) is -0.00987. The lowest BCUT2D eigenvalue weighted by Gasteiger charge is -2.14. The first-order valence-electron chi connectivity index (χ1n) is 10.1. The lowest BCUT2D eigenvalue weighted by atomic mass is 10.1. The Bertz CT molecular complexity index is 1270. The van der Waals surface area contributed by atoms with E-state index >= 15 is 0 Å². The molecule has 1 aromatic heterocycles. The van der Waals surface area contributed by atoms with Crippen LogP contribution in [-0.4, -0.2) is 27.5 Å². The second kappa shape index (κ2) is 10.6. The van der Waals surface area contributed by atoms with Gasteiger partial charge in [0.25, 0.3) is 11.1 Å². The molecule has 182 valence electrons. The minimum Gasteiger partial charge on any atom is -0.457 e. The zero-order valence-corrected chi connectivity index (χ0v) is 19.1. The second-order valence-electron chi connectivity index (χ2n) is 7.16. The standard InChI is InChI=1S/C24H20F3N3O4S/c1-3-16(9-7-13(2)17-5-4-6-18(29-17)21(28)31)34-19-10-8-15(24(25,26)27)11-14(19)12-20-22(32)30-23(33)35-20/h3-12,22,32H,2H2,1H3,(H2,28,31)(H,30,33)/b9-7-,16-3+,20-12-. The van der Waals surface area contributed by atoms with Crippen LogP contribution in [0.2, 0.25) is 0 Å². The highest BCUT2D eigenvalue weighted by atomic mass is 32.2. The van der Waals surface area contributed by atoms with E-state index in [0.29, 0.717) is 23.0 Å². The molecule has 0 radical (unpaired) electrons. The molecule has 35 heavy (non-hydrogen) atoms. The van der Waals surface area contributed by atoms with E-state index < -0.39 is 29.1 Å². The minimum atomic E-state index is -4.60. The first-order valence-corrected chi connectivity index (χ1v) is 10.9. The number of rotatable bonds is 7. The maximum Gasteiger partial charge on any atom is 0.416 e. The van der Waals surface area contributed by atoms with Crippen molar-refractivity contribution in [1.29, 1.82) is 0 Å². The number of nitrogens with two attached hydrogens (primary N) is 1. The van der Waals surface area contributed by atoms with E-state index in [-0.39, 0.29) is 27.7 Å². The van der Waals surface area contributed by atoms with Crippen molar-refractivity contribution in [2.75, 3.05) is 0 Å². The van der Waals surface area contributed by atoms with Crippen molar-refractivity contribution >= 4 is 34.6 Å². The number of nitrogens with one attached hydrogen (secondary N) is 1. The number of nitrogens with zero attached hydrogens (tertiary/aromatic N) is 1. The average Bonchev–Trinajstić information content (AvgIpc) is 3.12. The number of carbonyl (C=O) groups excluding carboxylic acids is 2. The lowest BCUT2D eigenvalue weighted by Crippen LogP contribution is -2.24. The summed E-state index contributed by atoms with van der Waals surface area (Å²) in [4.78, 5) is 27.1. The highest BCUT2D eigenvalue weighted by Crippen LogP contribution is 2.36. The third-order valence-corrected chi connectivity index (χ3v) is 5.54. The Morgan fingerprint density at radius 1 is 1.26 bits per heavy atom. The van der Waals surface area contributed by atoms with Crippen LogP contribution in [0.1, 0.15) is 34.2 Å². The molecule has 2 aromatic rings. The van der Waals surface area contributed by atoms with Gasteiger partial charge < -0.3 is 20.9 Å². The summed E-state index contributed by atoms with van der Waals surface area (Å²) >= 11 is 0.674. The summed E-state index contributed by atoms with van der Waals surface area (Å²) in [7, 11) is 0. The van der Waals surface area contributed by atoms with Gasteiger partial charge in [0.2, 0.25) is 0 Å². The number of amides is 2. The van der Waals surface area contributed by atoms with Crippen LogP contribution in [0.5, 0.6) is 5.75 Å². The van der Waals surface area contributed by atoms with Gasteiger partial charge in [0.1, 0.15) is 17.2 Å². The quantitative estimate of drug-likeness (QED) is 0.367. The highest BCUT2D eigenvalue weighted by Gasteiger charge is 2.32. The van der Waals surface area contributed by atoms with E-state index in [1.165, 1.54) is 18.2 Å². The molecule has 0 bridgehead atoms. The molecule has 2 amide bonds. The van der Waals surface area contributed by atoms with Crippen molar-refractivity contribution in [1.82, 2.24) is 10.3 Å². The normalized spacial score (nSPS) is 17.6. The molecule has 1 aliphatic heterocycles. The van der Waals surface area contributed by atoms with Crippen LogP contribution in [0.25, 0.3) is 11.6 Å². The monoisotopic (exact) mass is 503 g/mol. The van der Waals surface area contributed by atoms with Crippen molar-refractivity contribution in [3.63, 3.8) is 0 Å². The molecular weight excluding hydrogens is 483 g/mol. The number of hydrogen-bond acceptors (Lipinski definition) is 6. The summed E-state index contributed by atoms with van der Waals surface area (Å²) in [6, 6.07) is 7.59. The fraction of sp³-hybridized carbons (Fsp3) is 0.125. The molecule has 1 aliphatic rings. The van der Waals surface area contributed by atoms with Crippen molar-refractivity contribution in [3.8, 4) is 5.75 Å². The van der Waals surface area contributed by atoms with Gasteiger partial charge in [-0.15, -0.1) is 0 Å². The number of benzene rings is 1. The minimum absolute atomic E-state index is 0.0141. The van der Waals surface area contributed by atoms with Gasteiger partial charge in [-0.25, -0.2) is 4.98 Å². The van der Waals surface area contributed by atoms with Crippen molar-refractivity contribution in [2.45, 2.75) is 19.3 Å². The fourth-order valence-electron chi connectivity index (χ4n) is 2.90. The van der Waals surface area contributed by atoms with E-state index in [4.69, 9.17) is 10.5 Å². The predicted molar refractivity (Wildman–Crippen MR) is 127 cm³/mol. The van der Waals surface area contributed by atoms with Crippen LogP contribution in [0.3, 0.4) is 0 Å². The Morgan fingerprint density at radius 2 is 1.97 bits per heavy atom. The molecule has 4 N–H and O–H groups in total. The van der Waals surface area contributed by atoms with E-state index in [1.54, 1.807) is 31.2 Å². The molecule has 3 rings (SSSR count). The first-order chi connectivity index (χ1) is 16.5. The number of carbonyl (C=O) groups is 2. The number of aliphatic hydroxyl groups is 1. The number of primary amides is 1. The molecule has 7 nitrogen and oxygen atoms in total. The Labute approximate surface area is 202 Å². The number of pyridine rings is 1. The van der Waals surface area contributed by atoms with Gasteiger partial charge in [-0.2, -0.15) is 13.2 Å². The number of halogens is 3. The van der Waals surface area contributed by atoms with E-state index in [2.05, 4.69) is 16.9 Å². The number of aliphatic hydroxyl groups excluding tert-OH is 1. The SMILES string of the molecule is C=C(/C=C\C(=C/C)Oc1ccc(C(F)(F)F)cc1/C=C1\SC(=O)NC1O)c1cccc(C(N)=O)n1. The van der Waals surface area contributed by atoms with Gasteiger partial charge in [0.05, 0.1) is 11.3 Å². The van der Waals surface area contributed by atoms with Crippen LogP contribution in [0.15, 0.2) is 71.9 Å². The molecule has 0 spiro atoms. The summed E-state index contributed by atoms with van der Waals surface area (Å²) in [5.74, 6) is -0.354. The summed E-state index contributed by atoms with van der Waals surface area (Å²) in [5.41, 5.74) is 5.25. The molecule has 1 fully saturated rings. The number of aromatic nitrogens is 1. The number of allylic oxidation sites excluding steroid dienone is 4. The lowest BCUT2D eigenvalue weighted by molar-refractivity contribution is -0.137. The Hall–Kier alpha value is -3.83. The van der Waals surface area contributed by atoms with E-state index in [0.717, 1.165) is 18.2 Å². The largest absolute Gasteiger partial charge is 0.457 e. The van der Waals surface area contributed by atoms with Gasteiger partial charge in [-0.3, -0.25) is 9.59 Å². The van der Waals surface area contributed by atoms with Crippen LogP contribution in [-0.2, 0) is 6.18 Å². The maximum absolute atomic E-state index is 13.3. The molecule has 0 aliphatic carbocycles. The summed E-state index contributed by atoms with van der Waals surface area (Å²) in [6.45, 7) is 5.55. The molecule has 1 atom stereocenters. The summed E-state index contributed by atoms with van der Waals surface area (Å²) < 4.78 is 45.7. The van der Waals surface area contributed by atoms with E-state index in [9.17, 15) is 27.9 Å². The molecule has 2 heterocycles. The highest BCUT2D eigenvalue weighted by molar-refractivity contribution is 8.17. The van der Waals surface area contributed by atoms with Gasteiger partial charge in [0.15, 0.2) is 6.23 Å². The maximum atomic E-state index is 13.3. The third-order valence-electron chi connectivity index (χ3n) is 4.66. The van der Waals surface area contributed by atoms with Gasteiger partial charge in [0, 0.05) is 10.5 Å². The van der Waals surface area contributed by atoms with Gasteiger partial charge >= 0.3 is 6.18 Å². The molecule has 1 unspecified atom stereocenters. The second-order valence-corrected chi connectivity index (χ2v) is 8.20. The zero-order chi connectivity index (χ0) is 25.8. The van der Waals surface area contributed by atoms with Crippen molar-refractivity contribution < 1.29 is 32.6 Å². The Balaban J connectivity index is 1.89. The number of hydrogen-bond donors (Lipinski definition) is 3. The topological polar surface area (TPSA) is 115 Å². The number of alkyl halides is 3. The van der Waals surface area contributed by atoms with Crippen LogP contribution in [0.4, 0.5) is 18.0 Å².